The molecule has 14 rings (SSSR count). The Morgan fingerprint density at radius 1 is 0.266 bits per heavy atom. The molecule has 0 bridgehead atoms. The van der Waals surface area contributed by atoms with Gasteiger partial charge in [0.15, 0.2) is 0 Å². The highest BCUT2D eigenvalue weighted by molar-refractivity contribution is 6.23. The van der Waals surface area contributed by atoms with E-state index in [0.717, 1.165) is 83.2 Å². The van der Waals surface area contributed by atoms with Crippen LogP contribution in [0.2, 0.25) is 0 Å². The maximum atomic E-state index is 6.26. The first kappa shape index (κ1) is 35.0. The van der Waals surface area contributed by atoms with Crippen LogP contribution in [-0.2, 0) is 0 Å². The lowest BCUT2D eigenvalue weighted by Gasteiger charge is -2.26. The Balaban J connectivity index is 0.849. The number of aromatic nitrogens is 1. The van der Waals surface area contributed by atoms with Crippen molar-refractivity contribution in [3.05, 3.63) is 218 Å². The quantitative estimate of drug-likeness (QED) is 0.168. The molecule has 4 heteroatoms. The standard InChI is InChI=1S/C60H36N2O2/c1-4-13-54-46(8-1)52-11-7-12-53-47-31-22-40(34-55(47)62(54)60(52)53)37-16-25-43(26-17-37)61(44-27-18-38(19-28-44)41-23-32-50-48-9-2-5-14-56(48)63-58(50)35-41)45-29-20-39(21-30-45)42-24-33-51-49-10-3-6-15-57(49)64-59(51)36-42/h1-36H. The number of nitrogens with zero attached hydrogens (tertiary/aromatic N) is 2. The van der Waals surface area contributed by atoms with Crippen LogP contribution in [-0.4, -0.2) is 4.40 Å². The molecule has 0 amide bonds. The highest BCUT2D eigenvalue weighted by Gasteiger charge is 2.19. The van der Waals surface area contributed by atoms with Crippen molar-refractivity contribution in [2.24, 2.45) is 0 Å². The van der Waals surface area contributed by atoms with Gasteiger partial charge in [-0.1, -0.05) is 133 Å². The minimum absolute atomic E-state index is 0.895. The van der Waals surface area contributed by atoms with E-state index in [-0.39, 0.29) is 0 Å². The summed E-state index contributed by atoms with van der Waals surface area (Å²) in [6.45, 7) is 0. The van der Waals surface area contributed by atoms with Crippen molar-refractivity contribution >= 4 is 99.0 Å². The molecule has 4 nitrogen and oxygen atoms in total. The molecule has 0 saturated carbocycles. The maximum Gasteiger partial charge on any atom is 0.136 e. The highest BCUT2D eigenvalue weighted by Crippen LogP contribution is 2.42. The summed E-state index contributed by atoms with van der Waals surface area (Å²) < 4.78 is 15.0. The molecule has 10 aromatic carbocycles. The molecular weight excluding hydrogens is 781 g/mol. The molecule has 64 heavy (non-hydrogen) atoms. The summed E-state index contributed by atoms with van der Waals surface area (Å²) in [5, 5.41) is 9.71. The fourth-order valence-electron chi connectivity index (χ4n) is 10.3. The summed E-state index contributed by atoms with van der Waals surface area (Å²) >= 11 is 0. The van der Waals surface area contributed by atoms with Gasteiger partial charge < -0.3 is 18.1 Å². The molecule has 0 spiro atoms. The van der Waals surface area contributed by atoms with Crippen LogP contribution < -0.4 is 4.90 Å². The smallest absolute Gasteiger partial charge is 0.136 e. The van der Waals surface area contributed by atoms with Gasteiger partial charge in [-0.25, -0.2) is 0 Å². The van der Waals surface area contributed by atoms with Crippen LogP contribution >= 0.6 is 0 Å². The largest absolute Gasteiger partial charge is 0.456 e. The molecule has 4 heterocycles. The summed E-state index contributed by atoms with van der Waals surface area (Å²) in [5.74, 6) is 0. The Bertz CT molecular complexity index is 3960. The molecule has 0 aliphatic heterocycles. The average Bonchev–Trinajstić information content (AvgIpc) is 4.11. The lowest BCUT2D eigenvalue weighted by Crippen LogP contribution is -2.09. The first-order chi connectivity index (χ1) is 31.7. The summed E-state index contributed by atoms with van der Waals surface area (Å²) in [7, 11) is 0. The van der Waals surface area contributed by atoms with Crippen LogP contribution in [0, 0.1) is 0 Å². The van der Waals surface area contributed by atoms with Crippen LogP contribution in [0.5, 0.6) is 0 Å². The second-order valence-electron chi connectivity index (χ2n) is 16.9. The van der Waals surface area contributed by atoms with E-state index in [9.17, 15) is 0 Å². The van der Waals surface area contributed by atoms with Crippen LogP contribution in [0.1, 0.15) is 0 Å². The summed E-state index contributed by atoms with van der Waals surface area (Å²) in [6.07, 6.45) is 0. The molecule has 14 aromatic rings. The number of rotatable bonds is 6. The van der Waals surface area contributed by atoms with E-state index in [2.05, 4.69) is 203 Å². The molecule has 0 fully saturated rings. The van der Waals surface area contributed by atoms with E-state index in [4.69, 9.17) is 8.83 Å². The summed E-state index contributed by atoms with van der Waals surface area (Å²) in [4.78, 5) is 2.34. The van der Waals surface area contributed by atoms with Gasteiger partial charge in [-0.15, -0.1) is 0 Å². The second kappa shape index (κ2) is 13.4. The fraction of sp³-hybridized carbons (Fsp3) is 0. The van der Waals surface area contributed by atoms with E-state index in [0.29, 0.717) is 0 Å². The molecule has 0 radical (unpaired) electrons. The minimum Gasteiger partial charge on any atom is -0.456 e. The Hall–Kier alpha value is -8.60. The first-order valence-corrected chi connectivity index (χ1v) is 21.8. The van der Waals surface area contributed by atoms with Crippen molar-refractivity contribution in [1.29, 1.82) is 0 Å². The Morgan fingerprint density at radius 2 is 0.641 bits per heavy atom. The number of para-hydroxylation sites is 4. The average molecular weight is 817 g/mol. The molecule has 0 N–H and O–H groups in total. The molecule has 0 aliphatic carbocycles. The van der Waals surface area contributed by atoms with Gasteiger partial charge in [0, 0.05) is 60.2 Å². The predicted octanol–water partition coefficient (Wildman–Crippen LogP) is 17.1. The zero-order valence-electron chi connectivity index (χ0n) is 34.5. The Labute approximate surface area is 367 Å². The maximum absolute atomic E-state index is 6.26. The van der Waals surface area contributed by atoms with Crippen LogP contribution in [0.25, 0.3) is 115 Å². The van der Waals surface area contributed by atoms with Crippen LogP contribution in [0.15, 0.2) is 227 Å². The third-order valence-corrected chi connectivity index (χ3v) is 13.4. The van der Waals surface area contributed by atoms with Gasteiger partial charge in [-0.05, 0) is 118 Å². The van der Waals surface area contributed by atoms with Crippen molar-refractivity contribution in [2.45, 2.75) is 0 Å². The molecule has 0 saturated heterocycles. The topological polar surface area (TPSA) is 33.9 Å². The van der Waals surface area contributed by atoms with Gasteiger partial charge in [0.2, 0.25) is 0 Å². The van der Waals surface area contributed by atoms with Gasteiger partial charge in [0.1, 0.15) is 22.3 Å². The van der Waals surface area contributed by atoms with E-state index in [1.54, 1.807) is 0 Å². The Morgan fingerprint density at radius 3 is 1.16 bits per heavy atom. The number of benzene rings is 10. The van der Waals surface area contributed by atoms with Gasteiger partial charge in [-0.2, -0.15) is 0 Å². The summed E-state index contributed by atoms with van der Waals surface area (Å²) in [5.41, 5.74) is 17.4. The molecular formula is C60H36N2O2. The molecule has 0 aliphatic rings. The van der Waals surface area contributed by atoms with E-state index in [1.807, 2.05) is 24.3 Å². The lowest BCUT2D eigenvalue weighted by molar-refractivity contribution is 0.668. The summed E-state index contributed by atoms with van der Waals surface area (Å²) in [6, 6.07) is 78.6. The molecule has 298 valence electrons. The number of furan rings is 2. The SMILES string of the molecule is c1ccc2c(c1)oc1cc(-c3ccc(N(c4ccc(-c5ccc6c(c5)oc5ccccc56)cc4)c4ccc(-c5ccc6c7cccc8c9ccccc9n(c6c5)c87)cc4)cc3)ccc12. The Kier molecular flexibility index (Phi) is 7.36. The number of fused-ring (bicyclic) bond motifs is 12. The van der Waals surface area contributed by atoms with Crippen molar-refractivity contribution in [3.8, 4) is 33.4 Å². The zero-order chi connectivity index (χ0) is 41.9. The van der Waals surface area contributed by atoms with Gasteiger partial charge in [0.25, 0.3) is 0 Å². The first-order valence-electron chi connectivity index (χ1n) is 21.8. The highest BCUT2D eigenvalue weighted by atomic mass is 16.3. The van der Waals surface area contributed by atoms with Crippen molar-refractivity contribution in [2.75, 3.05) is 4.90 Å². The van der Waals surface area contributed by atoms with E-state index in [1.165, 1.54) is 49.2 Å². The molecule has 4 aromatic heterocycles. The van der Waals surface area contributed by atoms with Crippen LogP contribution in [0.4, 0.5) is 17.1 Å². The molecule has 0 atom stereocenters. The van der Waals surface area contributed by atoms with Gasteiger partial charge in [-0.3, -0.25) is 0 Å². The number of anilines is 3. The van der Waals surface area contributed by atoms with Crippen molar-refractivity contribution < 1.29 is 8.83 Å². The lowest BCUT2D eigenvalue weighted by atomic mass is 10.0. The predicted molar refractivity (Wildman–Crippen MR) is 267 cm³/mol. The molecule has 0 unspecified atom stereocenters. The normalized spacial score (nSPS) is 12.1. The van der Waals surface area contributed by atoms with Crippen molar-refractivity contribution in [1.82, 2.24) is 4.40 Å². The van der Waals surface area contributed by atoms with Crippen LogP contribution in [0.3, 0.4) is 0 Å². The van der Waals surface area contributed by atoms with E-state index < -0.39 is 0 Å². The third-order valence-electron chi connectivity index (χ3n) is 13.4. The van der Waals surface area contributed by atoms with E-state index >= 15 is 0 Å². The zero-order valence-corrected chi connectivity index (χ0v) is 34.5. The van der Waals surface area contributed by atoms with Gasteiger partial charge in [0.05, 0.1) is 16.6 Å². The monoisotopic (exact) mass is 816 g/mol. The minimum atomic E-state index is 0.895. The van der Waals surface area contributed by atoms with Crippen molar-refractivity contribution in [3.63, 3.8) is 0 Å². The number of hydrogen-bond donors (Lipinski definition) is 0. The number of hydrogen-bond acceptors (Lipinski definition) is 3. The third kappa shape index (κ3) is 5.23. The van der Waals surface area contributed by atoms with Gasteiger partial charge >= 0.3 is 0 Å². The fourth-order valence-corrected chi connectivity index (χ4v) is 10.3. The second-order valence-corrected chi connectivity index (χ2v) is 16.9.